The number of carbonyl (C=O) groups is 5. The van der Waals surface area contributed by atoms with Crippen molar-refractivity contribution < 1.29 is 33.4 Å². The minimum Gasteiger partial charge on any atom is -0.493 e. The summed E-state index contributed by atoms with van der Waals surface area (Å²) < 4.78 is 11.6. The normalized spacial score (nSPS) is 11.7. The summed E-state index contributed by atoms with van der Waals surface area (Å²) in [5, 5.41) is 2.48. The van der Waals surface area contributed by atoms with Crippen LogP contribution in [-0.4, -0.2) is 42.3 Å². The second-order valence-electron chi connectivity index (χ2n) is 8.14. The van der Waals surface area contributed by atoms with Gasteiger partial charge in [0.05, 0.1) is 24.3 Å². The number of hydrogen-bond donors (Lipinski definition) is 1. The van der Waals surface area contributed by atoms with Crippen LogP contribution in [0.1, 0.15) is 71.4 Å². The van der Waals surface area contributed by atoms with E-state index in [-0.39, 0.29) is 64.2 Å². The molecule has 0 saturated carbocycles. The number of carbonyl (C=O) groups excluding carboxylic acids is 5. The zero-order chi connectivity index (χ0) is 25.5. The number of Topliss-reactive ketones (excluding diaryl/α,β-unsaturated/α-hetero) is 2. The highest BCUT2D eigenvalue weighted by Gasteiger charge is 2.35. The van der Waals surface area contributed by atoms with Crippen molar-refractivity contribution in [2.45, 2.75) is 39.5 Å². The van der Waals surface area contributed by atoms with Gasteiger partial charge in [-0.25, -0.2) is 0 Å². The molecule has 0 aliphatic heterocycles. The lowest BCUT2D eigenvalue weighted by molar-refractivity contribution is -0.118. The van der Waals surface area contributed by atoms with Gasteiger partial charge in [-0.1, -0.05) is 12.1 Å². The Bertz CT molecular complexity index is 1250. The number of ether oxygens (including phenoxy) is 2. The maximum absolute atomic E-state index is 13.6. The Hall–Kier alpha value is -4.25. The van der Waals surface area contributed by atoms with Crippen LogP contribution in [0.2, 0.25) is 0 Å². The van der Waals surface area contributed by atoms with E-state index in [1.807, 2.05) is 5.92 Å². The van der Waals surface area contributed by atoms with Gasteiger partial charge in [0.25, 0.3) is 5.91 Å². The van der Waals surface area contributed by atoms with Gasteiger partial charge in [-0.2, -0.15) is 0 Å². The van der Waals surface area contributed by atoms with Crippen molar-refractivity contribution in [1.29, 1.82) is 0 Å². The standard InChI is InChI=1S/C27H25NO7/c1-4-23(31)28-18-14-20-25(22(15-18)35-13-7-9-17(3)30)27(33)24-19(26(20)32)10-5-11-21(24)34-12-6-8-16(2)29/h1,5,10-11,14-15H,6-9,12-13H2,2-3H3,(H,28,31). The zero-order valence-electron chi connectivity index (χ0n) is 19.6. The Morgan fingerprint density at radius 2 is 1.46 bits per heavy atom. The SMILES string of the molecule is C#CC(=O)Nc1cc(OCCCC(C)=O)c2c(c1)C(=O)c1cccc(OCCCC(C)=O)c1C2=O. The number of hydrogen-bond acceptors (Lipinski definition) is 7. The molecular weight excluding hydrogens is 450 g/mol. The Morgan fingerprint density at radius 3 is 2.06 bits per heavy atom. The highest BCUT2D eigenvalue weighted by Crippen LogP contribution is 2.39. The Kier molecular flexibility index (Phi) is 8.16. The highest BCUT2D eigenvalue weighted by atomic mass is 16.5. The van der Waals surface area contributed by atoms with Gasteiger partial charge in [0, 0.05) is 35.7 Å². The first kappa shape index (κ1) is 25.4. The molecule has 1 N–H and O–H groups in total. The Morgan fingerprint density at radius 1 is 0.857 bits per heavy atom. The highest BCUT2D eigenvalue weighted by molar-refractivity contribution is 6.30. The third-order valence-electron chi connectivity index (χ3n) is 5.32. The predicted molar refractivity (Wildman–Crippen MR) is 128 cm³/mol. The van der Waals surface area contributed by atoms with Crippen LogP contribution in [0.3, 0.4) is 0 Å². The van der Waals surface area contributed by atoms with Crippen molar-refractivity contribution in [3.05, 3.63) is 52.6 Å². The first-order valence-electron chi connectivity index (χ1n) is 11.2. The second kappa shape index (κ2) is 11.3. The summed E-state index contributed by atoms with van der Waals surface area (Å²) in [5.41, 5.74) is 0.585. The molecule has 0 spiro atoms. The summed E-state index contributed by atoms with van der Waals surface area (Å²) in [6.07, 6.45) is 6.66. The van der Waals surface area contributed by atoms with Gasteiger partial charge in [-0.3, -0.25) is 14.4 Å². The molecule has 35 heavy (non-hydrogen) atoms. The monoisotopic (exact) mass is 475 g/mol. The van der Waals surface area contributed by atoms with Crippen molar-refractivity contribution in [2.75, 3.05) is 18.5 Å². The van der Waals surface area contributed by atoms with Gasteiger partial charge in [0.2, 0.25) is 5.78 Å². The number of benzene rings is 2. The smallest absolute Gasteiger partial charge is 0.300 e. The first-order valence-corrected chi connectivity index (χ1v) is 11.2. The van der Waals surface area contributed by atoms with Crippen molar-refractivity contribution >= 4 is 34.7 Å². The fourth-order valence-corrected chi connectivity index (χ4v) is 3.73. The van der Waals surface area contributed by atoms with E-state index in [2.05, 4.69) is 5.32 Å². The number of nitrogens with one attached hydrogen (secondary N) is 1. The predicted octanol–water partition coefficient (Wildman–Crippen LogP) is 3.53. The maximum atomic E-state index is 13.6. The van der Waals surface area contributed by atoms with Crippen molar-refractivity contribution in [1.82, 2.24) is 0 Å². The van der Waals surface area contributed by atoms with E-state index in [0.717, 1.165) is 0 Å². The van der Waals surface area contributed by atoms with Crippen LogP contribution >= 0.6 is 0 Å². The average Bonchev–Trinajstić information content (AvgIpc) is 2.82. The Balaban J connectivity index is 2.00. The summed E-state index contributed by atoms with van der Waals surface area (Å²) in [7, 11) is 0. The van der Waals surface area contributed by atoms with Gasteiger partial charge in [0.1, 0.15) is 23.1 Å². The number of fused-ring (bicyclic) bond motifs is 2. The summed E-state index contributed by atoms with van der Waals surface area (Å²) >= 11 is 0. The summed E-state index contributed by atoms with van der Waals surface area (Å²) in [4.78, 5) is 61.2. The number of rotatable bonds is 11. The van der Waals surface area contributed by atoms with Crippen LogP contribution in [0, 0.1) is 12.3 Å². The van der Waals surface area contributed by atoms with E-state index in [1.165, 1.54) is 32.0 Å². The number of amides is 1. The van der Waals surface area contributed by atoms with Crippen LogP contribution in [0.25, 0.3) is 0 Å². The molecule has 0 atom stereocenters. The van der Waals surface area contributed by atoms with Crippen LogP contribution in [0.5, 0.6) is 11.5 Å². The number of anilines is 1. The lowest BCUT2D eigenvalue weighted by Crippen LogP contribution is -2.24. The van der Waals surface area contributed by atoms with E-state index in [9.17, 15) is 24.0 Å². The topological polar surface area (TPSA) is 116 Å². The second-order valence-corrected chi connectivity index (χ2v) is 8.14. The first-order chi connectivity index (χ1) is 16.7. The Labute approximate surface area is 203 Å². The van der Waals surface area contributed by atoms with Gasteiger partial charge < -0.3 is 24.4 Å². The lowest BCUT2D eigenvalue weighted by atomic mass is 9.82. The quantitative estimate of drug-likeness (QED) is 0.333. The summed E-state index contributed by atoms with van der Waals surface area (Å²) in [6.45, 7) is 3.28. The van der Waals surface area contributed by atoms with Gasteiger partial charge in [-0.05, 0) is 44.7 Å². The third kappa shape index (κ3) is 6.01. The molecule has 1 aliphatic rings. The summed E-state index contributed by atoms with van der Waals surface area (Å²) in [6, 6.07) is 7.54. The van der Waals surface area contributed by atoms with Crippen LogP contribution in [0.4, 0.5) is 5.69 Å². The molecule has 0 heterocycles. The molecule has 1 aliphatic carbocycles. The molecule has 180 valence electrons. The molecule has 2 aromatic rings. The largest absolute Gasteiger partial charge is 0.493 e. The minimum atomic E-state index is -0.719. The third-order valence-corrected chi connectivity index (χ3v) is 5.32. The van der Waals surface area contributed by atoms with E-state index in [4.69, 9.17) is 15.9 Å². The maximum Gasteiger partial charge on any atom is 0.300 e. The van der Waals surface area contributed by atoms with Crippen molar-refractivity contribution in [3.8, 4) is 23.8 Å². The summed E-state index contributed by atoms with van der Waals surface area (Å²) in [5.74, 6) is 0.673. The van der Waals surface area contributed by atoms with E-state index in [1.54, 1.807) is 12.1 Å². The molecular formula is C27H25NO7. The zero-order valence-corrected chi connectivity index (χ0v) is 19.6. The lowest BCUT2D eigenvalue weighted by Gasteiger charge is -2.23. The van der Waals surface area contributed by atoms with Crippen LogP contribution in [-0.2, 0) is 14.4 Å². The molecule has 0 bridgehead atoms. The van der Waals surface area contributed by atoms with E-state index >= 15 is 0 Å². The van der Waals surface area contributed by atoms with E-state index < -0.39 is 17.5 Å². The van der Waals surface area contributed by atoms with Gasteiger partial charge in [-0.15, -0.1) is 6.42 Å². The molecule has 8 nitrogen and oxygen atoms in total. The molecule has 0 radical (unpaired) electrons. The van der Waals surface area contributed by atoms with Gasteiger partial charge >= 0.3 is 0 Å². The van der Waals surface area contributed by atoms with Crippen molar-refractivity contribution in [2.24, 2.45) is 0 Å². The number of ketones is 4. The van der Waals surface area contributed by atoms with Crippen LogP contribution < -0.4 is 14.8 Å². The molecule has 1 amide bonds. The fraction of sp³-hybridized carbons (Fsp3) is 0.296. The molecule has 2 aromatic carbocycles. The average molecular weight is 475 g/mol. The molecule has 0 fully saturated rings. The minimum absolute atomic E-state index is 0.00240. The molecule has 3 rings (SSSR count). The van der Waals surface area contributed by atoms with Gasteiger partial charge in [0.15, 0.2) is 5.78 Å². The van der Waals surface area contributed by atoms with E-state index in [0.29, 0.717) is 25.7 Å². The van der Waals surface area contributed by atoms with Crippen molar-refractivity contribution in [3.63, 3.8) is 0 Å². The molecule has 8 heteroatoms. The number of terminal acetylenes is 1. The molecule has 0 aromatic heterocycles. The van der Waals surface area contributed by atoms with Crippen LogP contribution in [0.15, 0.2) is 30.3 Å². The molecule has 0 saturated heterocycles. The fourth-order valence-electron chi connectivity index (χ4n) is 3.73. The molecule has 0 unspecified atom stereocenters.